The van der Waals surface area contributed by atoms with Crippen LogP contribution in [0.3, 0.4) is 0 Å². The first-order valence-electron chi connectivity index (χ1n) is 18.7. The lowest BCUT2D eigenvalue weighted by atomic mass is 9.42. The fourth-order valence-electron chi connectivity index (χ4n) is 6.91. The summed E-state index contributed by atoms with van der Waals surface area (Å²) >= 11 is 3.64. The molecule has 54 heavy (non-hydrogen) atoms. The van der Waals surface area contributed by atoms with Gasteiger partial charge in [-0.25, -0.2) is 28.7 Å². The first-order chi connectivity index (χ1) is 24.8. The maximum absolute atomic E-state index is 13.8. The Hall–Kier alpha value is -3.08. The summed E-state index contributed by atoms with van der Waals surface area (Å²) in [6.45, 7) is 21.9. The number of anilines is 1. The summed E-state index contributed by atoms with van der Waals surface area (Å²) in [4.78, 5) is 49.0. The fourth-order valence-corrected chi connectivity index (χ4v) is 8.82. The number of alkyl halides is 1. The molecule has 3 heterocycles. The average Bonchev–Trinajstić information content (AvgIpc) is 3.53. The zero-order valence-corrected chi connectivity index (χ0v) is 36.1. The van der Waals surface area contributed by atoms with Gasteiger partial charge in [0.2, 0.25) is 0 Å². The SMILES string of the molecule is CC(C)(C)OC(=O)N(C(=O)OC(C)(C)C)c1ncnc2c1c(Br)cn2[C@H]1C[C@H](O[Si](C)(C)C(C)(C)C)[C@@H](/C=C/CCCOC(=O)NCC23CC(F)(C2)C3)O1. The number of allylic oxidation sites excluding steroid dienone is 1. The molecule has 1 saturated heterocycles. The smallest absolute Gasteiger partial charge is 0.425 e. The van der Waals surface area contributed by atoms with Crippen molar-refractivity contribution in [1.82, 2.24) is 19.9 Å². The van der Waals surface area contributed by atoms with Crippen LogP contribution in [-0.2, 0) is 23.4 Å². The molecule has 0 aromatic carbocycles. The van der Waals surface area contributed by atoms with Crippen molar-refractivity contribution in [3.05, 3.63) is 29.1 Å². The molecule has 3 saturated carbocycles. The molecular formula is C38H57BrFN5O8Si. The van der Waals surface area contributed by atoms with Crippen LogP contribution in [0, 0.1) is 5.41 Å². The normalized spacial score (nSPS) is 25.6. The number of amides is 3. The molecule has 3 aliphatic carbocycles. The van der Waals surface area contributed by atoms with Crippen LogP contribution in [-0.4, -0.2) is 83.4 Å². The highest BCUT2D eigenvalue weighted by Gasteiger charge is 2.68. The number of alkyl carbamates (subject to hydrolysis) is 1. The van der Waals surface area contributed by atoms with Gasteiger partial charge in [0.25, 0.3) is 0 Å². The molecule has 2 aromatic rings. The third kappa shape index (κ3) is 9.64. The molecule has 0 spiro atoms. The molecule has 4 aliphatic rings. The van der Waals surface area contributed by atoms with E-state index < -0.39 is 55.8 Å². The van der Waals surface area contributed by atoms with Gasteiger partial charge in [-0.1, -0.05) is 32.9 Å². The van der Waals surface area contributed by atoms with Crippen molar-refractivity contribution in [2.75, 3.05) is 18.1 Å². The Bertz CT molecular complexity index is 1720. The number of nitrogens with zero attached hydrogens (tertiary/aromatic N) is 4. The van der Waals surface area contributed by atoms with Crippen molar-refractivity contribution in [2.24, 2.45) is 5.41 Å². The molecule has 1 aliphatic heterocycles. The Balaban J connectivity index is 1.32. The number of imide groups is 1. The monoisotopic (exact) mass is 837 g/mol. The maximum Gasteiger partial charge on any atom is 0.425 e. The second-order valence-electron chi connectivity index (χ2n) is 18.5. The van der Waals surface area contributed by atoms with Gasteiger partial charge in [0.1, 0.15) is 41.2 Å². The summed E-state index contributed by atoms with van der Waals surface area (Å²) in [6.07, 6.45) is 6.96. The van der Waals surface area contributed by atoms with Crippen molar-refractivity contribution in [3.63, 3.8) is 0 Å². The quantitative estimate of drug-likeness (QED) is 0.101. The van der Waals surface area contributed by atoms with Crippen LogP contribution in [0.1, 0.15) is 107 Å². The summed E-state index contributed by atoms with van der Waals surface area (Å²) in [5.74, 6) is 0.00101. The van der Waals surface area contributed by atoms with Gasteiger partial charge in [-0.15, -0.1) is 0 Å². The molecule has 6 rings (SSSR count). The maximum atomic E-state index is 13.8. The minimum absolute atomic E-state index is 0.00101. The van der Waals surface area contributed by atoms with Gasteiger partial charge in [0, 0.05) is 23.6 Å². The van der Waals surface area contributed by atoms with Crippen LogP contribution in [0.4, 0.5) is 24.6 Å². The van der Waals surface area contributed by atoms with E-state index in [0.29, 0.717) is 60.6 Å². The predicted molar refractivity (Wildman–Crippen MR) is 209 cm³/mol. The Morgan fingerprint density at radius 1 is 1.06 bits per heavy atom. The summed E-state index contributed by atoms with van der Waals surface area (Å²) in [7, 11) is -2.23. The number of carbonyl (C=O) groups excluding carboxylic acids is 3. The van der Waals surface area contributed by atoms with Gasteiger partial charge in [0.15, 0.2) is 14.1 Å². The van der Waals surface area contributed by atoms with Crippen molar-refractivity contribution in [1.29, 1.82) is 0 Å². The number of hydrogen-bond acceptors (Lipinski definition) is 10. The summed E-state index contributed by atoms with van der Waals surface area (Å²) in [5.41, 5.74) is -2.43. The number of rotatable bonds is 11. The molecule has 16 heteroatoms. The summed E-state index contributed by atoms with van der Waals surface area (Å²) < 4.78 is 46.4. The topological polar surface area (TPSA) is 143 Å². The third-order valence-corrected chi connectivity index (χ3v) is 15.4. The van der Waals surface area contributed by atoms with Gasteiger partial charge in [-0.2, -0.15) is 4.90 Å². The minimum atomic E-state index is -2.23. The zero-order valence-electron chi connectivity index (χ0n) is 33.5. The molecule has 300 valence electrons. The van der Waals surface area contributed by atoms with Crippen molar-refractivity contribution in [3.8, 4) is 0 Å². The lowest BCUT2D eigenvalue weighted by Gasteiger charge is -2.65. The van der Waals surface area contributed by atoms with Crippen molar-refractivity contribution >= 4 is 59.4 Å². The van der Waals surface area contributed by atoms with Gasteiger partial charge in [-0.05, 0) is 113 Å². The van der Waals surface area contributed by atoms with Crippen molar-refractivity contribution < 1.29 is 42.1 Å². The first kappa shape index (κ1) is 42.1. The Kier molecular flexibility index (Phi) is 11.8. The molecule has 0 radical (unpaired) electrons. The molecule has 4 fully saturated rings. The number of nitrogens with one attached hydrogen (secondary N) is 1. The fraction of sp³-hybridized carbons (Fsp3) is 0.711. The molecule has 1 N–H and O–H groups in total. The molecule has 2 aromatic heterocycles. The standard InChI is InChI=1S/C38H57BrFN5O8Si/c1-34(2,3)51-32(47)45(33(48)52-35(4,5)6)30-28-24(39)18-44(29(28)42-23-43-30)27-17-26(53-54(10,11)36(7,8)9)25(50-27)15-13-12-14-16-49-31(46)41-22-37-19-38(40,20-37)21-37/h13,15,18,23,25-27H,12,14,16-17,19-22H2,1-11H3,(H,41,46)/b15-13+/t25-,26+,27-,37?,38?/m1/s1. The minimum Gasteiger partial charge on any atom is -0.450 e. The molecule has 13 nitrogen and oxygen atoms in total. The number of ether oxygens (including phenoxy) is 4. The molecule has 0 unspecified atom stereocenters. The number of hydrogen-bond donors (Lipinski definition) is 1. The van der Waals surface area contributed by atoms with E-state index in [1.807, 2.05) is 16.7 Å². The van der Waals surface area contributed by atoms with E-state index in [9.17, 15) is 18.8 Å². The summed E-state index contributed by atoms with van der Waals surface area (Å²) in [6, 6.07) is 0. The second kappa shape index (κ2) is 15.1. The highest BCUT2D eigenvalue weighted by Crippen LogP contribution is 2.69. The lowest BCUT2D eigenvalue weighted by Crippen LogP contribution is -2.67. The van der Waals surface area contributed by atoms with E-state index in [-0.39, 0.29) is 29.0 Å². The average molecular weight is 839 g/mol. The summed E-state index contributed by atoms with van der Waals surface area (Å²) in [5, 5.41) is 3.15. The van der Waals surface area contributed by atoms with Gasteiger partial charge in [-0.3, -0.25) is 0 Å². The zero-order chi connectivity index (χ0) is 40.1. The second-order valence-corrected chi connectivity index (χ2v) is 24.1. The Morgan fingerprint density at radius 2 is 1.67 bits per heavy atom. The number of aromatic nitrogens is 3. The lowest BCUT2D eigenvalue weighted by molar-refractivity contribution is -0.209. The number of carbonyl (C=O) groups is 3. The molecule has 2 bridgehead atoms. The highest BCUT2D eigenvalue weighted by atomic mass is 79.9. The van der Waals surface area contributed by atoms with E-state index in [0.717, 1.165) is 4.90 Å². The van der Waals surface area contributed by atoms with Crippen LogP contribution < -0.4 is 10.2 Å². The van der Waals surface area contributed by atoms with Crippen LogP contribution in [0.15, 0.2) is 29.1 Å². The number of fused-ring (bicyclic) bond motifs is 1. The molecular weight excluding hydrogens is 781 g/mol. The largest absolute Gasteiger partial charge is 0.450 e. The van der Waals surface area contributed by atoms with E-state index in [1.54, 1.807) is 47.7 Å². The predicted octanol–water partition coefficient (Wildman–Crippen LogP) is 9.50. The van der Waals surface area contributed by atoms with Gasteiger partial charge in [0.05, 0.1) is 18.1 Å². The van der Waals surface area contributed by atoms with Crippen LogP contribution >= 0.6 is 15.9 Å². The van der Waals surface area contributed by atoms with E-state index in [4.69, 9.17) is 23.4 Å². The van der Waals surface area contributed by atoms with Gasteiger partial charge >= 0.3 is 18.3 Å². The van der Waals surface area contributed by atoms with Crippen molar-refractivity contribution in [2.45, 2.75) is 154 Å². The third-order valence-electron chi connectivity index (χ3n) is 10.3. The van der Waals surface area contributed by atoms with E-state index >= 15 is 0 Å². The first-order valence-corrected chi connectivity index (χ1v) is 22.4. The Morgan fingerprint density at radius 3 is 2.22 bits per heavy atom. The van der Waals surface area contributed by atoms with Crippen LogP contribution in [0.25, 0.3) is 11.0 Å². The van der Waals surface area contributed by atoms with Crippen LogP contribution in [0.5, 0.6) is 0 Å². The Labute approximate surface area is 327 Å². The van der Waals surface area contributed by atoms with E-state index in [1.165, 1.54) is 6.33 Å². The highest BCUT2D eigenvalue weighted by molar-refractivity contribution is 9.10. The molecule has 3 amide bonds. The van der Waals surface area contributed by atoms with Gasteiger partial charge < -0.3 is 33.3 Å². The van der Waals surface area contributed by atoms with E-state index in [2.05, 4.69) is 65.1 Å². The number of unbranched alkanes of at least 4 members (excludes halogenated alkanes) is 1. The van der Waals surface area contributed by atoms with Crippen LogP contribution in [0.2, 0.25) is 18.1 Å². The molecule has 3 atom stereocenters. The number of halogens is 2.